The van der Waals surface area contributed by atoms with Crippen LogP contribution >= 0.6 is 23.3 Å². The third kappa shape index (κ3) is 5.46. The Morgan fingerprint density at radius 2 is 1.90 bits per heavy atom. The molecule has 0 aliphatic rings. The number of hydrogen-bond acceptors (Lipinski definition) is 7. The summed E-state index contributed by atoms with van der Waals surface area (Å²) in [5.41, 5.74) is 2.43. The molecule has 3 rings (SSSR count). The van der Waals surface area contributed by atoms with Gasteiger partial charge in [-0.2, -0.15) is 0 Å². The molecule has 1 aromatic heterocycles. The van der Waals surface area contributed by atoms with Crippen LogP contribution in [0.25, 0.3) is 10.4 Å². The molecule has 0 spiro atoms. The molecule has 0 bridgehead atoms. The summed E-state index contributed by atoms with van der Waals surface area (Å²) in [4.78, 5) is 36.6. The zero-order valence-electron chi connectivity index (χ0n) is 15.5. The first kappa shape index (κ1) is 20.6. The lowest BCUT2D eigenvalue weighted by Gasteiger charge is -2.07. The molecule has 8 heteroatoms. The van der Waals surface area contributed by atoms with Gasteiger partial charge in [0.1, 0.15) is 5.00 Å². The van der Waals surface area contributed by atoms with Gasteiger partial charge in [0.15, 0.2) is 12.9 Å². The van der Waals surface area contributed by atoms with E-state index in [9.17, 15) is 14.4 Å². The van der Waals surface area contributed by atoms with Gasteiger partial charge in [-0.3, -0.25) is 9.59 Å². The van der Waals surface area contributed by atoms with Crippen molar-refractivity contribution in [3.05, 3.63) is 71.8 Å². The number of hydrogen-bond donors (Lipinski definition) is 2. The van der Waals surface area contributed by atoms with E-state index in [2.05, 4.69) is 10.0 Å². The van der Waals surface area contributed by atoms with E-state index in [1.54, 1.807) is 24.3 Å². The fourth-order valence-electron chi connectivity index (χ4n) is 2.54. The smallest absolute Gasteiger partial charge is 0.338 e. The molecule has 148 valence electrons. The van der Waals surface area contributed by atoms with Crippen molar-refractivity contribution in [3.63, 3.8) is 0 Å². The highest BCUT2D eigenvalue weighted by Gasteiger charge is 2.15. The van der Waals surface area contributed by atoms with E-state index < -0.39 is 18.5 Å². The fraction of sp³-hybridized carbons (Fsp3) is 0.0952. The minimum Gasteiger partial charge on any atom is -0.452 e. The quantitative estimate of drug-likeness (QED) is 0.308. The number of rotatable bonds is 8. The van der Waals surface area contributed by atoms with Gasteiger partial charge < -0.3 is 14.8 Å². The molecule has 0 radical (unpaired) electrons. The number of amides is 1. The Morgan fingerprint density at radius 3 is 2.62 bits per heavy atom. The summed E-state index contributed by atoms with van der Waals surface area (Å²) in [5.74, 6) is -1.11. The molecule has 0 saturated carbocycles. The van der Waals surface area contributed by atoms with E-state index >= 15 is 0 Å². The topological polar surface area (TPSA) is 84.5 Å². The Balaban J connectivity index is 1.62. The second kappa shape index (κ2) is 9.90. The zero-order chi connectivity index (χ0) is 20.6. The number of esters is 1. The third-order valence-corrected chi connectivity index (χ3v) is 5.41. The monoisotopic (exact) mass is 426 g/mol. The molecule has 0 fully saturated rings. The van der Waals surface area contributed by atoms with Gasteiger partial charge in [0.05, 0.1) is 5.56 Å². The Hall–Kier alpha value is -3.10. The Morgan fingerprint density at radius 1 is 1.10 bits per heavy atom. The first-order valence-corrected chi connectivity index (χ1v) is 10.7. The maximum Gasteiger partial charge on any atom is 0.338 e. The van der Waals surface area contributed by atoms with E-state index in [-0.39, 0.29) is 0 Å². The van der Waals surface area contributed by atoms with Gasteiger partial charge >= 0.3 is 5.97 Å². The average molecular weight is 427 g/mol. The third-order valence-electron chi connectivity index (χ3n) is 3.85. The number of nitrogens with one attached hydrogen (secondary N) is 2. The van der Waals surface area contributed by atoms with Crippen molar-refractivity contribution in [1.29, 1.82) is 0 Å². The predicted octanol–water partition coefficient (Wildman–Crippen LogP) is 4.71. The van der Waals surface area contributed by atoms with Crippen molar-refractivity contribution in [3.8, 4) is 10.4 Å². The molecule has 0 saturated heterocycles. The standard InChI is InChI=1S/C21H18N2O4S2/c1-28-23-17-9-5-8-15(10-17)21(26)27-13-19(25)22-20-16(12-24)11-18(29-20)14-6-3-2-4-7-14/h2-12,23H,13H2,1H3,(H,22,25). The average Bonchev–Trinajstić information content (AvgIpc) is 3.16. The minimum atomic E-state index is -0.600. The van der Waals surface area contributed by atoms with Crippen molar-refractivity contribution < 1.29 is 19.1 Å². The van der Waals surface area contributed by atoms with Crippen LogP contribution < -0.4 is 10.0 Å². The lowest BCUT2D eigenvalue weighted by Crippen LogP contribution is -2.21. The summed E-state index contributed by atoms with van der Waals surface area (Å²) in [5, 5.41) is 3.07. The minimum absolute atomic E-state index is 0.341. The van der Waals surface area contributed by atoms with Gasteiger partial charge in [-0.1, -0.05) is 48.3 Å². The molecular formula is C21H18N2O4S2. The molecule has 2 N–H and O–H groups in total. The molecule has 1 heterocycles. The summed E-state index contributed by atoms with van der Waals surface area (Å²) in [6, 6.07) is 18.1. The van der Waals surface area contributed by atoms with Crippen molar-refractivity contribution in [2.75, 3.05) is 22.9 Å². The summed E-state index contributed by atoms with van der Waals surface area (Å²) >= 11 is 2.69. The number of thiophene rings is 1. The number of ether oxygens (including phenoxy) is 1. The molecular weight excluding hydrogens is 408 g/mol. The van der Waals surface area contributed by atoms with E-state index in [4.69, 9.17) is 4.74 Å². The SMILES string of the molecule is CSNc1cccc(C(=O)OCC(=O)Nc2sc(-c3ccccc3)cc2C=O)c1. The number of anilines is 2. The van der Waals surface area contributed by atoms with Crippen LogP contribution in [0.5, 0.6) is 0 Å². The summed E-state index contributed by atoms with van der Waals surface area (Å²) < 4.78 is 8.12. The fourth-order valence-corrected chi connectivity index (χ4v) is 3.95. The van der Waals surface area contributed by atoms with Gasteiger partial charge in [-0.05, 0) is 29.8 Å². The molecule has 0 aliphatic heterocycles. The van der Waals surface area contributed by atoms with Crippen LogP contribution in [-0.4, -0.2) is 31.0 Å². The Labute approximate surface area is 176 Å². The van der Waals surface area contributed by atoms with Crippen LogP contribution in [-0.2, 0) is 9.53 Å². The van der Waals surface area contributed by atoms with Crippen LogP contribution in [0.1, 0.15) is 20.7 Å². The van der Waals surface area contributed by atoms with Crippen molar-refractivity contribution in [2.45, 2.75) is 0 Å². The molecule has 0 aliphatic carbocycles. The number of carbonyl (C=O) groups is 3. The number of carbonyl (C=O) groups excluding carboxylic acids is 3. The van der Waals surface area contributed by atoms with Crippen LogP contribution in [0.3, 0.4) is 0 Å². The van der Waals surface area contributed by atoms with E-state index in [1.165, 1.54) is 23.3 Å². The molecule has 2 aromatic carbocycles. The molecule has 29 heavy (non-hydrogen) atoms. The highest BCUT2D eigenvalue weighted by Crippen LogP contribution is 2.34. The van der Waals surface area contributed by atoms with Crippen molar-refractivity contribution in [1.82, 2.24) is 0 Å². The van der Waals surface area contributed by atoms with Gasteiger partial charge in [0.25, 0.3) is 5.91 Å². The second-order valence-corrected chi connectivity index (χ2v) is 7.55. The number of aldehydes is 1. The summed E-state index contributed by atoms with van der Waals surface area (Å²) in [7, 11) is 0. The predicted molar refractivity (Wildman–Crippen MR) is 118 cm³/mol. The second-order valence-electron chi connectivity index (χ2n) is 5.89. The Kier molecular flexibility index (Phi) is 7.04. The zero-order valence-corrected chi connectivity index (χ0v) is 17.1. The Bertz CT molecular complexity index is 1020. The van der Waals surface area contributed by atoms with Gasteiger partial charge in [0.2, 0.25) is 0 Å². The molecule has 1 amide bonds. The first-order chi connectivity index (χ1) is 14.1. The summed E-state index contributed by atoms with van der Waals surface area (Å²) in [6.45, 7) is -0.449. The molecule has 0 unspecified atom stereocenters. The van der Waals surface area contributed by atoms with Crippen LogP contribution in [0.2, 0.25) is 0 Å². The number of benzene rings is 2. The normalized spacial score (nSPS) is 10.2. The van der Waals surface area contributed by atoms with Crippen molar-refractivity contribution in [2.24, 2.45) is 0 Å². The van der Waals surface area contributed by atoms with Crippen LogP contribution in [0, 0.1) is 0 Å². The van der Waals surface area contributed by atoms with Crippen LogP contribution in [0.15, 0.2) is 60.7 Å². The lowest BCUT2D eigenvalue weighted by atomic mass is 10.2. The first-order valence-electron chi connectivity index (χ1n) is 8.61. The largest absolute Gasteiger partial charge is 0.452 e. The van der Waals surface area contributed by atoms with E-state index in [1.807, 2.05) is 42.7 Å². The van der Waals surface area contributed by atoms with Crippen molar-refractivity contribution >= 4 is 52.1 Å². The van der Waals surface area contributed by atoms with E-state index in [0.29, 0.717) is 22.4 Å². The van der Waals surface area contributed by atoms with Gasteiger partial charge in [-0.25, -0.2) is 4.79 Å². The van der Waals surface area contributed by atoms with E-state index in [0.717, 1.165) is 16.1 Å². The molecule has 6 nitrogen and oxygen atoms in total. The lowest BCUT2D eigenvalue weighted by molar-refractivity contribution is -0.119. The highest BCUT2D eigenvalue weighted by molar-refractivity contribution is 7.99. The maximum atomic E-state index is 12.2. The van der Waals surface area contributed by atoms with Crippen LogP contribution in [0.4, 0.5) is 10.7 Å². The molecule has 0 atom stereocenters. The van der Waals surface area contributed by atoms with Gasteiger partial charge in [0, 0.05) is 22.4 Å². The maximum absolute atomic E-state index is 12.2. The molecule has 3 aromatic rings. The summed E-state index contributed by atoms with van der Waals surface area (Å²) in [6.07, 6.45) is 2.56. The van der Waals surface area contributed by atoms with Gasteiger partial charge in [-0.15, -0.1) is 11.3 Å². The highest BCUT2D eigenvalue weighted by atomic mass is 32.2.